The van der Waals surface area contributed by atoms with E-state index in [0.29, 0.717) is 17.0 Å². The first-order chi connectivity index (χ1) is 11.4. The molecule has 1 aromatic carbocycles. The summed E-state index contributed by atoms with van der Waals surface area (Å²) < 4.78 is 9.94. The third-order valence-electron chi connectivity index (χ3n) is 3.35. The van der Waals surface area contributed by atoms with E-state index in [-0.39, 0.29) is 6.54 Å². The van der Waals surface area contributed by atoms with Gasteiger partial charge in [0.1, 0.15) is 11.5 Å². The molecule has 0 aliphatic rings. The van der Waals surface area contributed by atoms with Crippen LogP contribution in [0.5, 0.6) is 0 Å². The van der Waals surface area contributed by atoms with Gasteiger partial charge < -0.3 is 19.8 Å². The molecular weight excluding hydrogens is 312 g/mol. The molecule has 0 aliphatic heterocycles. The molecular formula is C17H18N2O5. The van der Waals surface area contributed by atoms with E-state index in [1.165, 1.54) is 31.4 Å². The van der Waals surface area contributed by atoms with E-state index in [1.54, 1.807) is 13.0 Å². The number of anilines is 1. The minimum atomic E-state index is -0.793. The summed E-state index contributed by atoms with van der Waals surface area (Å²) in [6.07, 6.45) is 0. The highest BCUT2D eigenvalue weighted by atomic mass is 16.5. The Balaban J connectivity index is 1.90. The Bertz CT molecular complexity index is 762. The van der Waals surface area contributed by atoms with Crippen LogP contribution in [0.25, 0.3) is 0 Å². The number of benzene rings is 1. The normalized spacial score (nSPS) is 10.1. The number of hydrogen-bond donors (Lipinski definition) is 2. The van der Waals surface area contributed by atoms with Crippen LogP contribution in [0.15, 0.2) is 34.7 Å². The molecule has 7 nitrogen and oxygen atoms in total. The Labute approximate surface area is 139 Å². The number of hydrogen-bond acceptors (Lipinski definition) is 5. The Morgan fingerprint density at radius 2 is 1.75 bits per heavy atom. The van der Waals surface area contributed by atoms with Crippen LogP contribution in [0.2, 0.25) is 0 Å². The molecule has 0 saturated heterocycles. The van der Waals surface area contributed by atoms with Crippen molar-refractivity contribution in [3.05, 3.63) is 53.0 Å². The molecule has 0 bridgehead atoms. The average Bonchev–Trinajstić information content (AvgIpc) is 2.90. The zero-order valence-corrected chi connectivity index (χ0v) is 13.6. The van der Waals surface area contributed by atoms with E-state index in [2.05, 4.69) is 15.4 Å². The van der Waals surface area contributed by atoms with Gasteiger partial charge in [0.15, 0.2) is 0 Å². The van der Waals surface area contributed by atoms with E-state index in [1.807, 2.05) is 6.92 Å². The van der Waals surface area contributed by atoms with Gasteiger partial charge in [-0.25, -0.2) is 4.79 Å². The van der Waals surface area contributed by atoms with E-state index in [4.69, 9.17) is 4.42 Å². The predicted octanol–water partition coefficient (Wildman–Crippen LogP) is 1.94. The van der Waals surface area contributed by atoms with Crippen LogP contribution in [-0.2, 0) is 20.9 Å². The summed E-state index contributed by atoms with van der Waals surface area (Å²) in [5.41, 5.74) is 1.57. The van der Waals surface area contributed by atoms with Crippen LogP contribution in [0, 0.1) is 13.8 Å². The molecule has 1 heterocycles. The van der Waals surface area contributed by atoms with Gasteiger partial charge in [-0.3, -0.25) is 9.59 Å². The van der Waals surface area contributed by atoms with Crippen molar-refractivity contribution in [1.29, 1.82) is 0 Å². The molecule has 24 heavy (non-hydrogen) atoms. The smallest absolute Gasteiger partial charge is 0.337 e. The molecule has 0 radical (unpaired) electrons. The lowest BCUT2D eigenvalue weighted by molar-refractivity contribution is -0.136. The van der Waals surface area contributed by atoms with E-state index in [9.17, 15) is 14.4 Å². The number of furan rings is 1. The second-order valence-corrected chi connectivity index (χ2v) is 5.14. The van der Waals surface area contributed by atoms with Gasteiger partial charge in [-0.1, -0.05) is 0 Å². The number of ether oxygens (including phenoxy) is 1. The molecule has 7 heteroatoms. The molecule has 0 spiro atoms. The third-order valence-corrected chi connectivity index (χ3v) is 3.35. The van der Waals surface area contributed by atoms with Gasteiger partial charge in [0.05, 0.1) is 12.7 Å². The summed E-state index contributed by atoms with van der Waals surface area (Å²) in [5, 5.41) is 4.98. The van der Waals surface area contributed by atoms with Gasteiger partial charge in [0, 0.05) is 17.8 Å². The molecule has 2 amide bonds. The summed E-state index contributed by atoms with van der Waals surface area (Å²) in [6, 6.07) is 7.83. The van der Waals surface area contributed by atoms with Crippen LogP contribution < -0.4 is 10.6 Å². The summed E-state index contributed by atoms with van der Waals surface area (Å²) in [4.78, 5) is 35.0. The van der Waals surface area contributed by atoms with Crippen LogP contribution in [-0.4, -0.2) is 24.9 Å². The zero-order valence-electron chi connectivity index (χ0n) is 13.6. The fourth-order valence-electron chi connectivity index (χ4n) is 2.11. The van der Waals surface area contributed by atoms with Crippen LogP contribution >= 0.6 is 0 Å². The number of carbonyl (C=O) groups is 3. The van der Waals surface area contributed by atoms with Crippen LogP contribution in [0.1, 0.15) is 27.4 Å². The van der Waals surface area contributed by atoms with Crippen molar-refractivity contribution < 1.29 is 23.5 Å². The Hall–Kier alpha value is -3.09. The highest BCUT2D eigenvalue weighted by Gasteiger charge is 2.15. The first kappa shape index (κ1) is 17.3. The van der Waals surface area contributed by atoms with Crippen molar-refractivity contribution in [3.8, 4) is 0 Å². The summed E-state index contributed by atoms with van der Waals surface area (Å²) in [5.74, 6) is -0.584. The molecule has 2 N–H and O–H groups in total. The summed E-state index contributed by atoms with van der Waals surface area (Å²) in [6.45, 7) is 3.80. The van der Waals surface area contributed by atoms with E-state index in [0.717, 1.165) is 11.3 Å². The van der Waals surface area contributed by atoms with Crippen molar-refractivity contribution >= 4 is 23.5 Å². The van der Waals surface area contributed by atoms with Gasteiger partial charge in [0.25, 0.3) is 0 Å². The second-order valence-electron chi connectivity index (χ2n) is 5.14. The largest absolute Gasteiger partial charge is 0.466 e. The van der Waals surface area contributed by atoms with E-state index < -0.39 is 17.8 Å². The van der Waals surface area contributed by atoms with Crippen molar-refractivity contribution in [2.75, 3.05) is 12.4 Å². The topological polar surface area (TPSA) is 97.6 Å². The van der Waals surface area contributed by atoms with Gasteiger partial charge in [-0.2, -0.15) is 0 Å². The monoisotopic (exact) mass is 330 g/mol. The summed E-state index contributed by atoms with van der Waals surface area (Å²) >= 11 is 0. The molecule has 1 aromatic heterocycles. The predicted molar refractivity (Wildman–Crippen MR) is 86.4 cm³/mol. The number of amides is 2. The molecule has 0 fully saturated rings. The van der Waals surface area contributed by atoms with Crippen molar-refractivity contribution in [2.45, 2.75) is 20.4 Å². The number of aryl methyl sites for hydroxylation is 2. The lowest BCUT2D eigenvalue weighted by atomic mass is 10.2. The molecule has 2 rings (SSSR count). The van der Waals surface area contributed by atoms with Crippen LogP contribution in [0.4, 0.5) is 5.69 Å². The number of methoxy groups -OCH3 is 1. The number of rotatable bonds is 4. The maximum Gasteiger partial charge on any atom is 0.337 e. The minimum absolute atomic E-state index is 0.205. The van der Waals surface area contributed by atoms with Gasteiger partial charge >= 0.3 is 17.8 Å². The maximum absolute atomic E-state index is 11.9. The first-order valence-electron chi connectivity index (χ1n) is 7.24. The van der Waals surface area contributed by atoms with Gasteiger partial charge in [0.2, 0.25) is 0 Å². The van der Waals surface area contributed by atoms with Crippen molar-refractivity contribution in [2.24, 2.45) is 0 Å². The molecule has 2 aromatic rings. The fraction of sp³-hybridized carbons (Fsp3) is 0.235. The lowest BCUT2D eigenvalue weighted by Gasteiger charge is -2.07. The molecule has 0 aliphatic carbocycles. The zero-order chi connectivity index (χ0) is 17.7. The maximum atomic E-state index is 11.9. The Kier molecular flexibility index (Phi) is 5.36. The average molecular weight is 330 g/mol. The quantitative estimate of drug-likeness (QED) is 0.659. The highest BCUT2D eigenvalue weighted by molar-refractivity contribution is 6.39. The van der Waals surface area contributed by atoms with Crippen molar-refractivity contribution in [3.63, 3.8) is 0 Å². The molecule has 0 unspecified atom stereocenters. The third kappa shape index (κ3) is 4.22. The first-order valence-corrected chi connectivity index (χ1v) is 7.24. The van der Waals surface area contributed by atoms with Crippen LogP contribution in [0.3, 0.4) is 0 Å². The highest BCUT2D eigenvalue weighted by Crippen LogP contribution is 2.13. The number of carbonyl (C=O) groups excluding carboxylic acids is 3. The van der Waals surface area contributed by atoms with Gasteiger partial charge in [-0.15, -0.1) is 0 Å². The van der Waals surface area contributed by atoms with Crippen molar-refractivity contribution in [1.82, 2.24) is 5.32 Å². The summed E-state index contributed by atoms with van der Waals surface area (Å²) in [7, 11) is 1.28. The molecule has 0 atom stereocenters. The Morgan fingerprint density at radius 1 is 1.08 bits per heavy atom. The second kappa shape index (κ2) is 7.45. The van der Waals surface area contributed by atoms with E-state index >= 15 is 0 Å². The number of nitrogens with one attached hydrogen (secondary N) is 2. The Morgan fingerprint density at radius 3 is 2.29 bits per heavy atom. The van der Waals surface area contributed by atoms with Gasteiger partial charge in [-0.05, 0) is 44.2 Å². The molecule has 0 saturated carbocycles. The standard InChI is InChI=1S/C17H18N2O5/c1-10-8-13(11(2)24-10)9-18-15(20)16(21)19-14-6-4-12(5-7-14)17(22)23-3/h4-8H,9H2,1-3H3,(H,18,20)(H,19,21). The number of esters is 1. The SMILES string of the molecule is COC(=O)c1ccc(NC(=O)C(=O)NCc2cc(C)oc2C)cc1. The minimum Gasteiger partial charge on any atom is -0.466 e. The lowest BCUT2D eigenvalue weighted by Crippen LogP contribution is -2.35. The fourth-order valence-corrected chi connectivity index (χ4v) is 2.11. The molecule has 126 valence electrons.